The molecule has 7 nitrogen and oxygen atoms in total. The lowest BCUT2D eigenvalue weighted by Gasteiger charge is -2.34. The highest BCUT2D eigenvalue weighted by Crippen LogP contribution is 2.07. The molecule has 0 spiro atoms. The van der Waals surface area contributed by atoms with Crippen LogP contribution in [-0.2, 0) is 14.8 Å². The van der Waals surface area contributed by atoms with Gasteiger partial charge in [-0.25, -0.2) is 13.1 Å². The van der Waals surface area contributed by atoms with Crippen LogP contribution < -0.4 is 10.0 Å². The average Bonchev–Trinajstić information content (AvgIpc) is 2.48. The van der Waals surface area contributed by atoms with Crippen molar-refractivity contribution in [3.63, 3.8) is 0 Å². The second-order valence-electron chi connectivity index (χ2n) is 4.98. The van der Waals surface area contributed by atoms with E-state index < -0.39 is 10.0 Å². The van der Waals surface area contributed by atoms with Crippen LogP contribution >= 0.6 is 24.8 Å². The van der Waals surface area contributed by atoms with Crippen molar-refractivity contribution in [2.45, 2.75) is 24.3 Å². The third kappa shape index (κ3) is 6.23. The van der Waals surface area contributed by atoms with Crippen LogP contribution in [0.25, 0.3) is 0 Å². The Morgan fingerprint density at radius 2 is 2.22 bits per heavy atom. The highest BCUT2D eigenvalue weighted by Gasteiger charge is 2.23. The first-order valence-corrected chi connectivity index (χ1v) is 8.39. The first kappa shape index (κ1) is 22.1. The van der Waals surface area contributed by atoms with Gasteiger partial charge in [0, 0.05) is 51.0 Å². The number of amides is 1. The van der Waals surface area contributed by atoms with Crippen molar-refractivity contribution in [2.24, 2.45) is 0 Å². The molecule has 1 aromatic heterocycles. The van der Waals surface area contributed by atoms with Crippen molar-refractivity contribution in [3.8, 4) is 0 Å². The largest absolute Gasteiger partial charge is 0.337 e. The number of hydrogen-bond donors (Lipinski definition) is 2. The minimum atomic E-state index is -3.60. The van der Waals surface area contributed by atoms with E-state index in [0.717, 1.165) is 13.1 Å². The molecular weight excluding hydrogens is 363 g/mol. The van der Waals surface area contributed by atoms with Gasteiger partial charge in [0.05, 0.1) is 0 Å². The summed E-state index contributed by atoms with van der Waals surface area (Å²) in [5.74, 6) is -0.0297. The third-order valence-corrected chi connectivity index (χ3v) is 4.84. The second kappa shape index (κ2) is 10.0. The van der Waals surface area contributed by atoms with Gasteiger partial charge >= 0.3 is 0 Å². The van der Waals surface area contributed by atoms with E-state index >= 15 is 0 Å². The van der Waals surface area contributed by atoms with Gasteiger partial charge < -0.3 is 10.2 Å². The molecule has 23 heavy (non-hydrogen) atoms. The number of piperazine rings is 1. The summed E-state index contributed by atoms with van der Waals surface area (Å²) in [7, 11) is -3.60. The number of halogens is 2. The predicted octanol–water partition coefficient (Wildman–Crippen LogP) is 0.414. The maximum Gasteiger partial charge on any atom is 0.242 e. The van der Waals surface area contributed by atoms with Crippen molar-refractivity contribution >= 4 is 40.7 Å². The van der Waals surface area contributed by atoms with Crippen LogP contribution in [0.15, 0.2) is 29.4 Å². The maximum atomic E-state index is 12.1. The number of rotatable bonds is 5. The van der Waals surface area contributed by atoms with E-state index in [4.69, 9.17) is 0 Å². The highest BCUT2D eigenvalue weighted by molar-refractivity contribution is 7.89. The molecule has 1 fully saturated rings. The van der Waals surface area contributed by atoms with Gasteiger partial charge in [-0.15, -0.1) is 24.8 Å². The molecule has 1 aliphatic heterocycles. The number of carbonyl (C=O) groups excluding carboxylic acids is 1. The van der Waals surface area contributed by atoms with E-state index in [1.165, 1.54) is 18.5 Å². The molecule has 1 amide bonds. The fourth-order valence-corrected chi connectivity index (χ4v) is 3.23. The summed E-state index contributed by atoms with van der Waals surface area (Å²) in [6, 6.07) is 3.17. The monoisotopic (exact) mass is 384 g/mol. The quantitative estimate of drug-likeness (QED) is 0.767. The first-order valence-electron chi connectivity index (χ1n) is 6.90. The van der Waals surface area contributed by atoms with Crippen LogP contribution in [0.5, 0.6) is 0 Å². The number of nitrogens with zero attached hydrogens (tertiary/aromatic N) is 2. The fraction of sp³-hybridized carbons (Fsp3) is 0.538. The summed E-state index contributed by atoms with van der Waals surface area (Å²) in [5.41, 5.74) is 0. The Balaban J connectivity index is 0.00000242. The lowest BCUT2D eigenvalue weighted by molar-refractivity contribution is -0.133. The van der Waals surface area contributed by atoms with Crippen molar-refractivity contribution in [1.29, 1.82) is 0 Å². The molecular formula is C13H22Cl2N4O3S. The average molecular weight is 385 g/mol. The SMILES string of the molecule is C[C@H]1CNCCN1C(=O)CCNS(=O)(=O)c1cccnc1.Cl.Cl. The molecule has 0 saturated carbocycles. The number of hydrogen-bond acceptors (Lipinski definition) is 5. The minimum absolute atomic E-state index is 0. The standard InChI is InChI=1S/C13H20N4O3S.2ClH/c1-11-9-15-7-8-17(11)13(18)4-6-16-21(19,20)12-3-2-5-14-10-12;;/h2-3,5,10-11,15-16H,4,6-9H2,1H3;2*1H/t11-;;/m0../s1. The Hall–Kier alpha value is -0.930. The minimum Gasteiger partial charge on any atom is -0.337 e. The molecule has 1 aliphatic rings. The number of carbonyl (C=O) groups is 1. The van der Waals surface area contributed by atoms with Crippen molar-refractivity contribution in [3.05, 3.63) is 24.5 Å². The summed E-state index contributed by atoms with van der Waals surface area (Å²) in [4.78, 5) is 17.7. The molecule has 2 heterocycles. The van der Waals surface area contributed by atoms with Gasteiger partial charge in [-0.05, 0) is 19.1 Å². The summed E-state index contributed by atoms with van der Waals surface area (Å²) in [5, 5.41) is 3.21. The van der Waals surface area contributed by atoms with Crippen molar-refractivity contribution in [2.75, 3.05) is 26.2 Å². The second-order valence-corrected chi connectivity index (χ2v) is 6.74. The van der Waals surface area contributed by atoms with Crippen molar-refractivity contribution in [1.82, 2.24) is 19.9 Å². The zero-order valence-electron chi connectivity index (χ0n) is 12.8. The number of aromatic nitrogens is 1. The van der Waals surface area contributed by atoms with E-state index in [9.17, 15) is 13.2 Å². The van der Waals surface area contributed by atoms with Gasteiger partial charge in [0.25, 0.3) is 0 Å². The molecule has 1 atom stereocenters. The van der Waals surface area contributed by atoms with E-state index in [0.29, 0.717) is 6.54 Å². The molecule has 0 aromatic carbocycles. The lowest BCUT2D eigenvalue weighted by atomic mass is 10.2. The molecule has 0 aliphatic carbocycles. The summed E-state index contributed by atoms with van der Waals surface area (Å²) >= 11 is 0. The number of pyridine rings is 1. The normalized spacial score (nSPS) is 17.8. The molecule has 2 rings (SSSR count). The van der Waals surface area contributed by atoms with Crippen LogP contribution in [0.2, 0.25) is 0 Å². The van der Waals surface area contributed by atoms with E-state index in [-0.39, 0.29) is 54.6 Å². The third-order valence-electron chi connectivity index (χ3n) is 3.40. The molecule has 0 radical (unpaired) electrons. The smallest absolute Gasteiger partial charge is 0.242 e. The number of sulfonamides is 1. The zero-order valence-corrected chi connectivity index (χ0v) is 15.2. The Labute approximate surface area is 149 Å². The zero-order chi connectivity index (χ0) is 15.3. The first-order chi connectivity index (χ1) is 10.0. The maximum absolute atomic E-state index is 12.1. The summed E-state index contributed by atoms with van der Waals surface area (Å²) < 4.78 is 26.4. The van der Waals surface area contributed by atoms with Crippen LogP contribution in [-0.4, -0.2) is 56.4 Å². The van der Waals surface area contributed by atoms with Gasteiger partial charge in [0.2, 0.25) is 15.9 Å². The van der Waals surface area contributed by atoms with Gasteiger partial charge in [-0.2, -0.15) is 0 Å². The Bertz CT molecular complexity index is 586. The van der Waals surface area contributed by atoms with Gasteiger partial charge in [0.1, 0.15) is 4.90 Å². The fourth-order valence-electron chi connectivity index (χ4n) is 2.24. The van der Waals surface area contributed by atoms with Crippen molar-refractivity contribution < 1.29 is 13.2 Å². The summed E-state index contributed by atoms with van der Waals surface area (Å²) in [6.07, 6.45) is 2.95. The molecule has 1 saturated heterocycles. The Morgan fingerprint density at radius 1 is 1.48 bits per heavy atom. The van der Waals surface area contributed by atoms with Crippen LogP contribution in [0.3, 0.4) is 0 Å². The van der Waals surface area contributed by atoms with Crippen LogP contribution in [0, 0.1) is 0 Å². The van der Waals surface area contributed by atoms with E-state index in [1.807, 2.05) is 6.92 Å². The predicted molar refractivity (Wildman–Crippen MR) is 92.6 cm³/mol. The lowest BCUT2D eigenvalue weighted by Crippen LogP contribution is -2.52. The topological polar surface area (TPSA) is 91.4 Å². The Morgan fingerprint density at radius 3 is 2.83 bits per heavy atom. The van der Waals surface area contributed by atoms with E-state index in [1.54, 1.807) is 11.0 Å². The van der Waals surface area contributed by atoms with E-state index in [2.05, 4.69) is 15.0 Å². The van der Waals surface area contributed by atoms with Crippen LogP contribution in [0.4, 0.5) is 0 Å². The van der Waals surface area contributed by atoms with Gasteiger partial charge in [-0.1, -0.05) is 0 Å². The molecule has 0 bridgehead atoms. The van der Waals surface area contributed by atoms with Gasteiger partial charge in [-0.3, -0.25) is 9.78 Å². The van der Waals surface area contributed by atoms with Crippen LogP contribution in [0.1, 0.15) is 13.3 Å². The highest BCUT2D eigenvalue weighted by atomic mass is 35.5. The van der Waals surface area contributed by atoms with Gasteiger partial charge in [0.15, 0.2) is 0 Å². The molecule has 0 unspecified atom stereocenters. The molecule has 2 N–H and O–H groups in total. The Kier molecular flexibility index (Phi) is 9.64. The number of nitrogens with one attached hydrogen (secondary N) is 2. The molecule has 1 aromatic rings. The molecule has 132 valence electrons. The molecule has 10 heteroatoms. The summed E-state index contributed by atoms with van der Waals surface area (Å²) in [6.45, 7) is 4.27.